The van der Waals surface area contributed by atoms with Crippen LogP contribution in [-0.2, 0) is 4.79 Å². The number of hydrogen-bond acceptors (Lipinski definition) is 2. The molecule has 0 amide bonds. The summed E-state index contributed by atoms with van der Waals surface area (Å²) < 4.78 is 1.03. The zero-order valence-corrected chi connectivity index (χ0v) is 9.28. The molecule has 0 saturated carbocycles. The fourth-order valence-corrected chi connectivity index (χ4v) is 1.42. The number of hydrogen-bond donors (Lipinski definition) is 0. The molecule has 0 aliphatic rings. The van der Waals surface area contributed by atoms with Crippen LogP contribution in [0.3, 0.4) is 0 Å². The molecular weight excluding hydrogens is 230 g/mol. The van der Waals surface area contributed by atoms with Crippen LogP contribution >= 0.6 is 15.9 Å². The topological polar surface area (TPSA) is 20.3 Å². The Labute approximate surface area is 86.7 Å². The Morgan fingerprint density at radius 3 is 2.23 bits per heavy atom. The van der Waals surface area contributed by atoms with Crippen LogP contribution < -0.4 is 0 Å². The van der Waals surface area contributed by atoms with E-state index in [4.69, 9.17) is 0 Å². The summed E-state index contributed by atoms with van der Waals surface area (Å²) in [4.78, 5) is 12.7. The molecule has 13 heavy (non-hydrogen) atoms. The number of carbonyl (C=O) groups is 1. The van der Waals surface area contributed by atoms with Crippen molar-refractivity contribution in [2.45, 2.75) is 6.04 Å². The Balaban J connectivity index is 2.92. The minimum Gasteiger partial charge on any atom is -0.301 e. The highest BCUT2D eigenvalue weighted by Crippen LogP contribution is 2.18. The number of likely N-dealkylation sites (N-methyl/N-ethyl adjacent to an activating group) is 1. The van der Waals surface area contributed by atoms with Gasteiger partial charge in [0.25, 0.3) is 0 Å². The second kappa shape index (κ2) is 4.53. The Morgan fingerprint density at radius 1 is 1.31 bits per heavy atom. The van der Waals surface area contributed by atoms with Gasteiger partial charge >= 0.3 is 0 Å². The van der Waals surface area contributed by atoms with Crippen molar-refractivity contribution in [3.05, 3.63) is 34.3 Å². The summed E-state index contributed by atoms with van der Waals surface area (Å²) in [6, 6.07) is 7.63. The van der Waals surface area contributed by atoms with Gasteiger partial charge in [0.2, 0.25) is 0 Å². The lowest BCUT2D eigenvalue weighted by atomic mass is 10.1. The summed E-state index contributed by atoms with van der Waals surface area (Å²) in [7, 11) is 3.78. The second-order valence-corrected chi connectivity index (χ2v) is 4.01. The third-order valence-corrected chi connectivity index (χ3v) is 2.43. The monoisotopic (exact) mass is 241 g/mol. The first-order chi connectivity index (χ1) is 6.15. The summed E-state index contributed by atoms with van der Waals surface area (Å²) in [6.45, 7) is 0. The Morgan fingerprint density at radius 2 is 1.85 bits per heavy atom. The largest absolute Gasteiger partial charge is 0.301 e. The maximum atomic E-state index is 10.8. The second-order valence-electron chi connectivity index (χ2n) is 3.10. The quantitative estimate of drug-likeness (QED) is 0.757. The molecule has 1 aromatic carbocycles. The maximum Gasteiger partial charge on any atom is 0.141 e. The van der Waals surface area contributed by atoms with Gasteiger partial charge in [-0.15, -0.1) is 0 Å². The van der Waals surface area contributed by atoms with E-state index < -0.39 is 0 Å². The molecule has 0 N–H and O–H groups in total. The predicted molar refractivity (Wildman–Crippen MR) is 56.6 cm³/mol. The van der Waals surface area contributed by atoms with Gasteiger partial charge in [-0.25, -0.2) is 0 Å². The first kappa shape index (κ1) is 10.4. The SMILES string of the molecule is CN(C)C(C=O)c1ccc(Br)cc1. The molecule has 0 spiro atoms. The Hall–Kier alpha value is -0.670. The molecule has 0 fully saturated rings. The molecular formula is C10H12BrNO. The van der Waals surface area contributed by atoms with Crippen molar-refractivity contribution in [1.29, 1.82) is 0 Å². The van der Waals surface area contributed by atoms with E-state index in [0.717, 1.165) is 16.3 Å². The van der Waals surface area contributed by atoms with Crippen LogP contribution in [-0.4, -0.2) is 25.3 Å². The van der Waals surface area contributed by atoms with Crippen molar-refractivity contribution in [2.75, 3.05) is 14.1 Å². The first-order valence-corrected chi connectivity index (χ1v) is 4.81. The lowest BCUT2D eigenvalue weighted by molar-refractivity contribution is -0.111. The highest BCUT2D eigenvalue weighted by Gasteiger charge is 2.11. The van der Waals surface area contributed by atoms with Gasteiger partial charge in [-0.1, -0.05) is 28.1 Å². The number of nitrogens with zero attached hydrogens (tertiary/aromatic N) is 1. The number of rotatable bonds is 3. The molecule has 3 heteroatoms. The van der Waals surface area contributed by atoms with Crippen LogP contribution in [0.5, 0.6) is 0 Å². The van der Waals surface area contributed by atoms with E-state index in [0.29, 0.717) is 0 Å². The van der Waals surface area contributed by atoms with Crippen molar-refractivity contribution < 1.29 is 4.79 Å². The van der Waals surface area contributed by atoms with Crippen molar-refractivity contribution in [2.24, 2.45) is 0 Å². The van der Waals surface area contributed by atoms with Crippen LogP contribution in [0, 0.1) is 0 Å². The average molecular weight is 242 g/mol. The van der Waals surface area contributed by atoms with Crippen LogP contribution in [0.2, 0.25) is 0 Å². The molecule has 1 atom stereocenters. The van der Waals surface area contributed by atoms with E-state index >= 15 is 0 Å². The highest BCUT2D eigenvalue weighted by atomic mass is 79.9. The van der Waals surface area contributed by atoms with Gasteiger partial charge in [0.15, 0.2) is 0 Å². The van der Waals surface area contributed by atoms with Gasteiger partial charge in [0, 0.05) is 4.47 Å². The molecule has 1 aromatic rings. The van der Waals surface area contributed by atoms with Gasteiger partial charge in [0.1, 0.15) is 6.29 Å². The summed E-state index contributed by atoms with van der Waals surface area (Å²) in [6.07, 6.45) is 0.948. The van der Waals surface area contributed by atoms with E-state index in [1.54, 1.807) is 0 Å². The molecule has 0 saturated heterocycles. The molecule has 1 rings (SSSR count). The van der Waals surface area contributed by atoms with E-state index in [9.17, 15) is 4.79 Å². The van der Waals surface area contributed by atoms with Gasteiger partial charge in [-0.05, 0) is 31.8 Å². The first-order valence-electron chi connectivity index (χ1n) is 4.02. The minimum absolute atomic E-state index is 0.145. The van der Waals surface area contributed by atoms with Gasteiger partial charge in [-0.3, -0.25) is 4.90 Å². The Bertz CT molecular complexity index is 281. The predicted octanol–water partition coefficient (Wildman–Crippen LogP) is 2.25. The number of carbonyl (C=O) groups excluding carboxylic acids is 1. The van der Waals surface area contributed by atoms with E-state index in [-0.39, 0.29) is 6.04 Å². The summed E-state index contributed by atoms with van der Waals surface area (Å²) in [5.41, 5.74) is 1.02. The molecule has 0 radical (unpaired) electrons. The zero-order valence-electron chi connectivity index (χ0n) is 7.70. The molecule has 0 bridgehead atoms. The molecule has 70 valence electrons. The fourth-order valence-electron chi connectivity index (χ4n) is 1.16. The van der Waals surface area contributed by atoms with E-state index in [1.807, 2.05) is 43.3 Å². The van der Waals surface area contributed by atoms with E-state index in [2.05, 4.69) is 15.9 Å². The Kier molecular flexibility index (Phi) is 3.63. The van der Waals surface area contributed by atoms with Crippen LogP contribution in [0.1, 0.15) is 11.6 Å². The lowest BCUT2D eigenvalue weighted by Gasteiger charge is -2.18. The van der Waals surface area contributed by atoms with E-state index in [1.165, 1.54) is 0 Å². The molecule has 0 aliphatic heterocycles. The lowest BCUT2D eigenvalue weighted by Crippen LogP contribution is -2.20. The highest BCUT2D eigenvalue weighted by molar-refractivity contribution is 9.10. The molecule has 0 aromatic heterocycles. The summed E-state index contributed by atoms with van der Waals surface area (Å²) in [5, 5.41) is 0. The third-order valence-electron chi connectivity index (χ3n) is 1.90. The van der Waals surface area contributed by atoms with Crippen molar-refractivity contribution in [1.82, 2.24) is 4.90 Å². The molecule has 0 heterocycles. The smallest absolute Gasteiger partial charge is 0.141 e. The number of benzene rings is 1. The fraction of sp³-hybridized carbons (Fsp3) is 0.300. The van der Waals surface area contributed by atoms with Crippen molar-refractivity contribution >= 4 is 22.2 Å². The molecule has 0 aliphatic carbocycles. The molecule has 2 nitrogen and oxygen atoms in total. The number of halogens is 1. The average Bonchev–Trinajstić information content (AvgIpc) is 2.09. The summed E-state index contributed by atoms with van der Waals surface area (Å²) >= 11 is 3.35. The van der Waals surface area contributed by atoms with Crippen molar-refractivity contribution in [3.63, 3.8) is 0 Å². The van der Waals surface area contributed by atoms with Crippen LogP contribution in [0.25, 0.3) is 0 Å². The maximum absolute atomic E-state index is 10.8. The third kappa shape index (κ3) is 2.64. The van der Waals surface area contributed by atoms with Crippen LogP contribution in [0.4, 0.5) is 0 Å². The van der Waals surface area contributed by atoms with Gasteiger partial charge in [0.05, 0.1) is 6.04 Å². The van der Waals surface area contributed by atoms with Crippen LogP contribution in [0.15, 0.2) is 28.7 Å². The normalized spacial score (nSPS) is 12.9. The molecule has 1 unspecified atom stereocenters. The van der Waals surface area contributed by atoms with Gasteiger partial charge in [-0.2, -0.15) is 0 Å². The van der Waals surface area contributed by atoms with Gasteiger partial charge < -0.3 is 4.79 Å². The standard InChI is InChI=1S/C10H12BrNO/c1-12(2)10(7-13)8-3-5-9(11)6-4-8/h3-7,10H,1-2H3. The summed E-state index contributed by atoms with van der Waals surface area (Å²) in [5.74, 6) is 0. The minimum atomic E-state index is -0.145. The van der Waals surface area contributed by atoms with Crippen molar-refractivity contribution in [3.8, 4) is 0 Å². The zero-order chi connectivity index (χ0) is 9.84. The number of aldehydes is 1.